The molecular formula is C18H32N4O. The van der Waals surface area contributed by atoms with Crippen molar-refractivity contribution in [1.29, 1.82) is 0 Å². The SMILES string of the molecule is CN=C(NCc1cccc(N(C)C)c1)NCC(OC)C(C)(C)C. The van der Waals surface area contributed by atoms with E-state index in [4.69, 9.17) is 4.74 Å². The van der Waals surface area contributed by atoms with Crippen LogP contribution in [-0.2, 0) is 11.3 Å². The van der Waals surface area contributed by atoms with E-state index in [2.05, 4.69) is 65.6 Å². The van der Waals surface area contributed by atoms with Gasteiger partial charge in [0.2, 0.25) is 0 Å². The summed E-state index contributed by atoms with van der Waals surface area (Å²) in [6, 6.07) is 8.46. The fourth-order valence-electron chi connectivity index (χ4n) is 2.28. The maximum atomic E-state index is 5.56. The zero-order valence-corrected chi connectivity index (χ0v) is 15.6. The molecule has 0 aliphatic heterocycles. The minimum absolute atomic E-state index is 0.0840. The molecule has 2 N–H and O–H groups in total. The minimum atomic E-state index is 0.0840. The van der Waals surface area contributed by atoms with Gasteiger partial charge in [0.15, 0.2) is 5.96 Å². The van der Waals surface area contributed by atoms with Crippen molar-refractivity contribution in [2.75, 3.05) is 39.7 Å². The third kappa shape index (κ3) is 6.48. The van der Waals surface area contributed by atoms with Crippen molar-refractivity contribution >= 4 is 11.6 Å². The molecular weight excluding hydrogens is 288 g/mol. The van der Waals surface area contributed by atoms with Gasteiger partial charge in [-0.25, -0.2) is 0 Å². The normalized spacial score (nSPS) is 13.6. The van der Waals surface area contributed by atoms with Crippen LogP contribution in [0.15, 0.2) is 29.3 Å². The van der Waals surface area contributed by atoms with E-state index in [0.29, 0.717) is 0 Å². The summed E-state index contributed by atoms with van der Waals surface area (Å²) in [5.74, 6) is 0.784. The average Bonchev–Trinajstić information content (AvgIpc) is 2.49. The fraction of sp³-hybridized carbons (Fsp3) is 0.611. The van der Waals surface area contributed by atoms with Gasteiger partial charge in [0, 0.05) is 47.0 Å². The highest BCUT2D eigenvalue weighted by Gasteiger charge is 2.24. The summed E-state index contributed by atoms with van der Waals surface area (Å²) >= 11 is 0. The van der Waals surface area contributed by atoms with Gasteiger partial charge in [-0.1, -0.05) is 32.9 Å². The highest BCUT2D eigenvalue weighted by atomic mass is 16.5. The van der Waals surface area contributed by atoms with E-state index in [0.717, 1.165) is 19.0 Å². The van der Waals surface area contributed by atoms with Gasteiger partial charge in [-0.15, -0.1) is 0 Å². The van der Waals surface area contributed by atoms with Gasteiger partial charge in [-0.05, 0) is 23.1 Å². The zero-order chi connectivity index (χ0) is 17.5. The molecule has 0 radical (unpaired) electrons. The van der Waals surface area contributed by atoms with Crippen LogP contribution in [0.5, 0.6) is 0 Å². The predicted octanol–water partition coefficient (Wildman–Crippen LogP) is 2.48. The first-order valence-corrected chi connectivity index (χ1v) is 8.01. The third-order valence-electron chi connectivity index (χ3n) is 3.82. The lowest BCUT2D eigenvalue weighted by Gasteiger charge is -2.30. The van der Waals surface area contributed by atoms with Crippen LogP contribution in [0.4, 0.5) is 5.69 Å². The first-order valence-electron chi connectivity index (χ1n) is 8.01. The molecule has 0 saturated heterocycles. The van der Waals surface area contributed by atoms with Crippen LogP contribution in [0.2, 0.25) is 0 Å². The van der Waals surface area contributed by atoms with Crippen molar-refractivity contribution in [3.05, 3.63) is 29.8 Å². The summed E-state index contributed by atoms with van der Waals surface area (Å²) < 4.78 is 5.56. The van der Waals surface area contributed by atoms with E-state index < -0.39 is 0 Å². The molecule has 1 unspecified atom stereocenters. The van der Waals surface area contributed by atoms with Crippen molar-refractivity contribution in [2.45, 2.75) is 33.4 Å². The van der Waals surface area contributed by atoms with E-state index in [1.54, 1.807) is 14.2 Å². The molecule has 5 heteroatoms. The highest BCUT2D eigenvalue weighted by Crippen LogP contribution is 2.20. The molecule has 0 spiro atoms. The molecule has 130 valence electrons. The number of hydrogen-bond donors (Lipinski definition) is 2. The standard InChI is InChI=1S/C18H32N4O/c1-18(2,3)16(23-7)13-21-17(19-4)20-12-14-9-8-10-15(11-14)22(5)6/h8-11,16H,12-13H2,1-7H3,(H2,19,20,21). The molecule has 23 heavy (non-hydrogen) atoms. The number of methoxy groups -OCH3 is 1. The largest absolute Gasteiger partial charge is 0.379 e. The number of aliphatic imine (C=N–C) groups is 1. The molecule has 0 saturated carbocycles. The molecule has 1 aromatic rings. The van der Waals surface area contributed by atoms with Crippen molar-refractivity contribution in [1.82, 2.24) is 10.6 Å². The minimum Gasteiger partial charge on any atom is -0.379 e. The van der Waals surface area contributed by atoms with Crippen LogP contribution < -0.4 is 15.5 Å². The topological polar surface area (TPSA) is 48.9 Å². The molecule has 0 amide bonds. The van der Waals surface area contributed by atoms with Crippen molar-refractivity contribution in [3.63, 3.8) is 0 Å². The summed E-state index contributed by atoms with van der Waals surface area (Å²) in [5.41, 5.74) is 2.50. The van der Waals surface area contributed by atoms with E-state index in [1.807, 2.05) is 14.1 Å². The van der Waals surface area contributed by atoms with E-state index in [-0.39, 0.29) is 11.5 Å². The Hall–Kier alpha value is -1.75. The Morgan fingerprint density at radius 2 is 1.96 bits per heavy atom. The molecule has 0 aliphatic carbocycles. The quantitative estimate of drug-likeness (QED) is 0.624. The number of nitrogens with zero attached hydrogens (tertiary/aromatic N) is 2. The van der Waals surface area contributed by atoms with Crippen LogP contribution in [0.25, 0.3) is 0 Å². The molecule has 1 aromatic carbocycles. The maximum absolute atomic E-state index is 5.56. The van der Waals surface area contributed by atoms with Gasteiger partial charge in [0.1, 0.15) is 0 Å². The number of benzene rings is 1. The van der Waals surface area contributed by atoms with Gasteiger partial charge in [-0.3, -0.25) is 4.99 Å². The Labute approximate surface area is 141 Å². The van der Waals surface area contributed by atoms with E-state index in [9.17, 15) is 0 Å². The lowest BCUT2D eigenvalue weighted by atomic mass is 9.89. The summed E-state index contributed by atoms with van der Waals surface area (Å²) in [7, 11) is 7.62. The Morgan fingerprint density at radius 1 is 1.26 bits per heavy atom. The summed E-state index contributed by atoms with van der Waals surface area (Å²) in [6.45, 7) is 7.97. The van der Waals surface area contributed by atoms with Gasteiger partial charge in [-0.2, -0.15) is 0 Å². The maximum Gasteiger partial charge on any atom is 0.191 e. The van der Waals surface area contributed by atoms with Gasteiger partial charge >= 0.3 is 0 Å². The zero-order valence-electron chi connectivity index (χ0n) is 15.6. The third-order valence-corrected chi connectivity index (χ3v) is 3.82. The van der Waals surface area contributed by atoms with Crippen LogP contribution in [-0.4, -0.2) is 46.9 Å². The number of rotatable bonds is 6. The Balaban J connectivity index is 2.56. The fourth-order valence-corrected chi connectivity index (χ4v) is 2.28. The van der Waals surface area contributed by atoms with Crippen LogP contribution >= 0.6 is 0 Å². The lowest BCUT2D eigenvalue weighted by molar-refractivity contribution is 0.0205. The van der Waals surface area contributed by atoms with Crippen LogP contribution in [0.3, 0.4) is 0 Å². The van der Waals surface area contributed by atoms with Gasteiger partial charge in [0.05, 0.1) is 6.10 Å². The summed E-state index contributed by atoms with van der Waals surface area (Å²) in [6.07, 6.45) is 0.123. The first kappa shape index (κ1) is 19.3. The molecule has 1 atom stereocenters. The summed E-state index contributed by atoms with van der Waals surface area (Å²) in [4.78, 5) is 6.38. The monoisotopic (exact) mass is 320 g/mol. The van der Waals surface area contributed by atoms with Crippen molar-refractivity contribution in [3.8, 4) is 0 Å². The Kier molecular flexibility index (Phi) is 7.36. The van der Waals surface area contributed by atoms with Crippen LogP contribution in [0.1, 0.15) is 26.3 Å². The number of ether oxygens (including phenoxy) is 1. The summed E-state index contributed by atoms with van der Waals surface area (Å²) in [5, 5.41) is 6.69. The number of anilines is 1. The van der Waals surface area contributed by atoms with E-state index >= 15 is 0 Å². The molecule has 0 bridgehead atoms. The second kappa shape index (κ2) is 8.77. The Bertz CT molecular complexity index is 506. The van der Waals surface area contributed by atoms with Crippen LogP contribution in [0, 0.1) is 5.41 Å². The second-order valence-electron chi connectivity index (χ2n) is 6.96. The molecule has 0 aromatic heterocycles. The smallest absolute Gasteiger partial charge is 0.191 e. The molecule has 1 rings (SSSR count). The predicted molar refractivity (Wildman–Crippen MR) is 99.2 cm³/mol. The number of guanidine groups is 1. The highest BCUT2D eigenvalue weighted by molar-refractivity contribution is 5.79. The number of hydrogen-bond acceptors (Lipinski definition) is 3. The van der Waals surface area contributed by atoms with Crippen molar-refractivity contribution < 1.29 is 4.74 Å². The van der Waals surface area contributed by atoms with Gasteiger partial charge < -0.3 is 20.3 Å². The lowest BCUT2D eigenvalue weighted by Crippen LogP contribution is -2.45. The van der Waals surface area contributed by atoms with Gasteiger partial charge in [0.25, 0.3) is 0 Å². The van der Waals surface area contributed by atoms with Crippen molar-refractivity contribution in [2.24, 2.45) is 10.4 Å². The average molecular weight is 320 g/mol. The molecule has 0 heterocycles. The second-order valence-corrected chi connectivity index (χ2v) is 6.96. The molecule has 0 fully saturated rings. The molecule has 0 aliphatic rings. The van der Waals surface area contributed by atoms with E-state index in [1.165, 1.54) is 11.3 Å². The number of nitrogens with one attached hydrogen (secondary N) is 2. The molecule has 5 nitrogen and oxygen atoms in total. The Morgan fingerprint density at radius 3 is 2.48 bits per heavy atom. The first-order chi connectivity index (χ1) is 10.8.